The number of hydrogen-bond donors (Lipinski definition) is 1. The van der Waals surface area contributed by atoms with Gasteiger partial charge in [-0.15, -0.1) is 10.2 Å². The van der Waals surface area contributed by atoms with Gasteiger partial charge in [-0.1, -0.05) is 0 Å². The Bertz CT molecular complexity index is 878. The van der Waals surface area contributed by atoms with Gasteiger partial charge >= 0.3 is 0 Å². The summed E-state index contributed by atoms with van der Waals surface area (Å²) in [5.74, 6) is 0.750. The van der Waals surface area contributed by atoms with Gasteiger partial charge in [-0.25, -0.2) is 0 Å². The Morgan fingerprint density at radius 3 is 2.64 bits per heavy atom. The lowest BCUT2D eigenvalue weighted by Gasteiger charge is -2.17. The maximum absolute atomic E-state index is 12.7. The van der Waals surface area contributed by atoms with Crippen molar-refractivity contribution < 1.29 is 9.53 Å². The molecule has 0 saturated carbocycles. The normalized spacial score (nSPS) is 12.9. The predicted molar refractivity (Wildman–Crippen MR) is 106 cm³/mol. The van der Waals surface area contributed by atoms with Crippen molar-refractivity contribution in [3.8, 4) is 5.75 Å². The van der Waals surface area contributed by atoms with E-state index in [9.17, 15) is 9.59 Å². The molecule has 1 aliphatic heterocycles. The van der Waals surface area contributed by atoms with E-state index in [1.165, 1.54) is 4.57 Å². The zero-order chi connectivity index (χ0) is 20.1. The van der Waals surface area contributed by atoms with Crippen molar-refractivity contribution in [1.82, 2.24) is 25.0 Å². The lowest BCUT2D eigenvalue weighted by Crippen LogP contribution is -2.35. The molecule has 1 aliphatic rings. The Morgan fingerprint density at radius 1 is 1.21 bits per heavy atom. The Hall–Kier alpha value is -2.94. The summed E-state index contributed by atoms with van der Waals surface area (Å²) >= 11 is 0. The van der Waals surface area contributed by atoms with E-state index in [0.29, 0.717) is 32.2 Å². The van der Waals surface area contributed by atoms with Crippen molar-refractivity contribution in [2.24, 2.45) is 0 Å². The molecule has 28 heavy (non-hydrogen) atoms. The maximum Gasteiger partial charge on any atom is 0.286 e. The fraction of sp³-hybridized carbons (Fsp3) is 0.474. The van der Waals surface area contributed by atoms with Crippen molar-refractivity contribution in [3.05, 3.63) is 40.3 Å². The molecule has 0 fully saturated rings. The third-order valence-electron chi connectivity index (χ3n) is 4.46. The highest BCUT2D eigenvalue weighted by molar-refractivity contribution is 5.91. The van der Waals surface area contributed by atoms with Gasteiger partial charge in [-0.2, -0.15) is 0 Å². The van der Waals surface area contributed by atoms with Crippen LogP contribution in [-0.4, -0.2) is 65.9 Å². The number of amides is 1. The predicted octanol–water partition coefficient (Wildman–Crippen LogP) is 0.870. The molecular weight excluding hydrogens is 360 g/mol. The van der Waals surface area contributed by atoms with Crippen molar-refractivity contribution in [3.63, 3.8) is 0 Å². The molecule has 1 aromatic heterocycles. The van der Waals surface area contributed by atoms with E-state index in [1.807, 2.05) is 55.1 Å². The Morgan fingerprint density at radius 2 is 1.96 bits per heavy atom. The summed E-state index contributed by atoms with van der Waals surface area (Å²) in [6, 6.07) is 7.58. The van der Waals surface area contributed by atoms with Crippen LogP contribution in [0.15, 0.2) is 29.1 Å². The summed E-state index contributed by atoms with van der Waals surface area (Å²) in [5, 5.41) is 10.8. The molecule has 0 spiro atoms. The fourth-order valence-corrected chi connectivity index (χ4v) is 3.07. The van der Waals surface area contributed by atoms with Crippen LogP contribution in [0.25, 0.3) is 0 Å². The average Bonchev–Trinajstić information content (AvgIpc) is 3.11. The first-order valence-corrected chi connectivity index (χ1v) is 9.42. The fourth-order valence-electron chi connectivity index (χ4n) is 3.07. The molecule has 150 valence electrons. The number of fused-ring (bicyclic) bond motifs is 1. The third kappa shape index (κ3) is 4.30. The van der Waals surface area contributed by atoms with Crippen LogP contribution in [-0.2, 0) is 6.54 Å². The molecule has 1 aromatic carbocycles. The first-order valence-electron chi connectivity index (χ1n) is 9.42. The quantitative estimate of drug-likeness (QED) is 0.673. The van der Waals surface area contributed by atoms with Crippen LogP contribution in [0.5, 0.6) is 5.75 Å². The molecule has 0 aliphatic carbocycles. The number of aromatic nitrogens is 3. The average molecular weight is 386 g/mol. The summed E-state index contributed by atoms with van der Waals surface area (Å²) in [7, 11) is 3.94. The SMILES string of the molecule is CCOc1ccc(N2CCn3c2nnc(C(=O)NCCCN(C)C)c3=O)cc1. The highest BCUT2D eigenvalue weighted by atomic mass is 16.5. The number of benzene rings is 1. The smallest absolute Gasteiger partial charge is 0.286 e. The zero-order valence-electron chi connectivity index (χ0n) is 16.5. The molecule has 1 N–H and O–H groups in total. The first-order chi connectivity index (χ1) is 13.5. The van der Waals surface area contributed by atoms with Crippen LogP contribution < -0.4 is 20.5 Å². The molecule has 2 heterocycles. The Labute approximate surface area is 163 Å². The molecule has 3 rings (SSSR count). The largest absolute Gasteiger partial charge is 0.494 e. The molecule has 9 heteroatoms. The zero-order valence-corrected chi connectivity index (χ0v) is 16.5. The molecule has 0 radical (unpaired) electrons. The monoisotopic (exact) mass is 386 g/mol. The Balaban J connectivity index is 1.73. The number of anilines is 2. The summed E-state index contributed by atoms with van der Waals surface area (Å²) in [6.07, 6.45) is 0.796. The second-order valence-electron chi connectivity index (χ2n) is 6.80. The second-order valence-corrected chi connectivity index (χ2v) is 6.80. The van der Waals surface area contributed by atoms with E-state index in [-0.39, 0.29) is 5.69 Å². The van der Waals surface area contributed by atoms with Crippen LogP contribution in [0.1, 0.15) is 23.8 Å². The molecule has 1 amide bonds. The topological polar surface area (TPSA) is 92.6 Å². The van der Waals surface area contributed by atoms with Gasteiger partial charge in [0.2, 0.25) is 11.6 Å². The summed E-state index contributed by atoms with van der Waals surface area (Å²) in [6.45, 7) is 4.92. The number of nitrogens with zero attached hydrogens (tertiary/aromatic N) is 5. The van der Waals surface area contributed by atoms with Crippen LogP contribution in [0.3, 0.4) is 0 Å². The van der Waals surface area contributed by atoms with Gasteiger partial charge in [0.15, 0.2) is 0 Å². The summed E-state index contributed by atoms with van der Waals surface area (Å²) in [4.78, 5) is 28.9. The highest BCUT2D eigenvalue weighted by Gasteiger charge is 2.27. The van der Waals surface area contributed by atoms with Crippen LogP contribution >= 0.6 is 0 Å². The summed E-state index contributed by atoms with van der Waals surface area (Å²) in [5.41, 5.74) is 0.315. The molecule has 0 bridgehead atoms. The Kier molecular flexibility index (Phi) is 6.25. The minimum Gasteiger partial charge on any atom is -0.494 e. The summed E-state index contributed by atoms with van der Waals surface area (Å²) < 4.78 is 6.96. The number of nitrogens with one attached hydrogen (secondary N) is 1. The van der Waals surface area contributed by atoms with E-state index >= 15 is 0 Å². The van der Waals surface area contributed by atoms with Crippen molar-refractivity contribution in [2.45, 2.75) is 19.9 Å². The van der Waals surface area contributed by atoms with Gasteiger partial charge in [0.25, 0.3) is 11.5 Å². The van der Waals surface area contributed by atoms with E-state index in [1.54, 1.807) is 0 Å². The lowest BCUT2D eigenvalue weighted by atomic mass is 10.3. The van der Waals surface area contributed by atoms with Crippen LogP contribution in [0, 0.1) is 0 Å². The first kappa shape index (κ1) is 19.8. The number of ether oxygens (including phenoxy) is 1. The van der Waals surface area contributed by atoms with Gasteiger partial charge in [-0.05, 0) is 58.3 Å². The number of hydrogen-bond acceptors (Lipinski definition) is 7. The van der Waals surface area contributed by atoms with Crippen molar-refractivity contribution in [2.75, 3.05) is 45.2 Å². The lowest BCUT2D eigenvalue weighted by molar-refractivity contribution is 0.0944. The number of carbonyl (C=O) groups is 1. The van der Waals surface area contributed by atoms with E-state index in [4.69, 9.17) is 4.74 Å². The molecular formula is C19H26N6O3. The van der Waals surface area contributed by atoms with E-state index in [2.05, 4.69) is 15.5 Å². The standard InChI is InChI=1S/C19H26N6O3/c1-4-28-15-8-6-14(7-9-15)24-12-13-25-18(27)16(21-22-19(24)25)17(26)20-10-5-11-23(2)3/h6-9H,4-5,10-13H2,1-3H3,(H,20,26). The van der Waals surface area contributed by atoms with Gasteiger partial charge in [-0.3, -0.25) is 14.2 Å². The van der Waals surface area contributed by atoms with Crippen molar-refractivity contribution in [1.29, 1.82) is 0 Å². The molecule has 0 unspecified atom stereocenters. The minimum atomic E-state index is -0.480. The van der Waals surface area contributed by atoms with Gasteiger partial charge in [0.05, 0.1) is 6.61 Å². The second kappa shape index (κ2) is 8.83. The maximum atomic E-state index is 12.7. The van der Waals surface area contributed by atoms with Gasteiger partial charge < -0.3 is 19.9 Å². The van der Waals surface area contributed by atoms with Gasteiger partial charge in [0, 0.05) is 25.3 Å². The highest BCUT2D eigenvalue weighted by Crippen LogP contribution is 2.28. The van der Waals surface area contributed by atoms with Crippen molar-refractivity contribution >= 4 is 17.5 Å². The molecule has 9 nitrogen and oxygen atoms in total. The van der Waals surface area contributed by atoms with E-state index in [0.717, 1.165) is 24.4 Å². The molecule has 0 saturated heterocycles. The minimum absolute atomic E-state index is 0.165. The number of carbonyl (C=O) groups excluding carboxylic acids is 1. The van der Waals surface area contributed by atoms with Crippen LogP contribution in [0.2, 0.25) is 0 Å². The van der Waals surface area contributed by atoms with Crippen LogP contribution in [0.4, 0.5) is 11.6 Å². The molecule has 2 aromatic rings. The van der Waals surface area contributed by atoms with Gasteiger partial charge in [0.1, 0.15) is 5.75 Å². The van der Waals surface area contributed by atoms with E-state index < -0.39 is 11.5 Å². The molecule has 0 atom stereocenters. The third-order valence-corrected chi connectivity index (χ3v) is 4.46. The number of rotatable bonds is 8.